The van der Waals surface area contributed by atoms with Crippen LogP contribution in [-0.2, 0) is 10.0 Å². The van der Waals surface area contributed by atoms with Crippen LogP contribution in [0.1, 0.15) is 5.82 Å². The summed E-state index contributed by atoms with van der Waals surface area (Å²) >= 11 is 0. The van der Waals surface area contributed by atoms with E-state index in [-0.39, 0.29) is 4.90 Å². The first-order valence-corrected chi connectivity index (χ1v) is 10.8. The summed E-state index contributed by atoms with van der Waals surface area (Å²) in [5.41, 5.74) is 1.60. The molecule has 1 fully saturated rings. The number of piperazine rings is 1. The van der Waals surface area contributed by atoms with Gasteiger partial charge >= 0.3 is 0 Å². The number of sulfonamides is 1. The maximum absolute atomic E-state index is 12.8. The van der Waals surface area contributed by atoms with Gasteiger partial charge in [0.15, 0.2) is 5.65 Å². The van der Waals surface area contributed by atoms with Crippen molar-refractivity contribution >= 4 is 32.5 Å². The normalized spacial score (nSPS) is 16.0. The Morgan fingerprint density at radius 1 is 0.966 bits per heavy atom. The lowest BCUT2D eigenvalue weighted by Crippen LogP contribution is -2.49. The van der Waals surface area contributed by atoms with Gasteiger partial charge in [0.1, 0.15) is 10.7 Å². The van der Waals surface area contributed by atoms with Crippen LogP contribution in [0.2, 0.25) is 0 Å². The van der Waals surface area contributed by atoms with Crippen LogP contribution in [0, 0.1) is 6.92 Å². The topological polar surface area (TPSA) is 96.6 Å². The lowest BCUT2D eigenvalue weighted by atomic mass is 10.2. The Morgan fingerprint density at radius 3 is 2.52 bits per heavy atom. The van der Waals surface area contributed by atoms with E-state index in [1.807, 2.05) is 31.2 Å². The Labute approximate surface area is 167 Å². The van der Waals surface area contributed by atoms with Crippen LogP contribution in [0.4, 0.5) is 5.95 Å². The fraction of sp³-hybridized carbons (Fsp3) is 0.263. The lowest BCUT2D eigenvalue weighted by molar-refractivity contribution is 0.381. The van der Waals surface area contributed by atoms with Gasteiger partial charge in [0.25, 0.3) is 0 Å². The van der Waals surface area contributed by atoms with Crippen molar-refractivity contribution in [1.29, 1.82) is 0 Å². The van der Waals surface area contributed by atoms with E-state index in [1.165, 1.54) is 10.5 Å². The minimum absolute atomic E-state index is 0.214. The molecule has 0 aliphatic carbocycles. The van der Waals surface area contributed by atoms with Gasteiger partial charge in [-0.25, -0.2) is 18.4 Å². The molecule has 0 saturated carbocycles. The molecule has 1 aliphatic rings. The number of anilines is 1. The largest absolute Gasteiger partial charge is 0.338 e. The molecule has 1 aliphatic heterocycles. The van der Waals surface area contributed by atoms with Crippen LogP contribution in [0.3, 0.4) is 0 Å². The first kappa shape index (κ1) is 18.0. The van der Waals surface area contributed by atoms with E-state index in [0.29, 0.717) is 38.0 Å². The zero-order chi connectivity index (χ0) is 20.0. The molecule has 9 nitrogen and oxygen atoms in total. The van der Waals surface area contributed by atoms with Crippen molar-refractivity contribution in [3.8, 4) is 0 Å². The number of hydrogen-bond donors (Lipinski definition) is 0. The van der Waals surface area contributed by atoms with E-state index in [9.17, 15) is 8.42 Å². The Hall–Kier alpha value is -3.11. The van der Waals surface area contributed by atoms with Crippen LogP contribution < -0.4 is 4.90 Å². The Kier molecular flexibility index (Phi) is 4.18. The monoisotopic (exact) mass is 409 g/mol. The van der Waals surface area contributed by atoms with E-state index >= 15 is 0 Å². The van der Waals surface area contributed by atoms with Crippen molar-refractivity contribution < 1.29 is 8.42 Å². The van der Waals surface area contributed by atoms with E-state index in [2.05, 4.69) is 20.0 Å². The van der Waals surface area contributed by atoms with Gasteiger partial charge in [0.05, 0.1) is 5.52 Å². The quantitative estimate of drug-likeness (QED) is 0.506. The van der Waals surface area contributed by atoms with E-state index < -0.39 is 10.0 Å². The van der Waals surface area contributed by atoms with Crippen molar-refractivity contribution in [2.45, 2.75) is 11.8 Å². The van der Waals surface area contributed by atoms with E-state index in [0.717, 1.165) is 16.6 Å². The molecule has 0 spiro atoms. The third kappa shape index (κ3) is 3.00. The number of fused-ring (bicyclic) bond motifs is 3. The number of aryl methyl sites for hydroxylation is 1. The van der Waals surface area contributed by atoms with Gasteiger partial charge in [0.2, 0.25) is 16.0 Å². The highest BCUT2D eigenvalue weighted by molar-refractivity contribution is 7.89. The number of rotatable bonds is 3. The SMILES string of the molecule is Cc1nc2c3ccccc3nc(N3CCN(S(=O)(=O)c4cccnc4)CC3)n2n1. The number of aromatic nitrogens is 5. The summed E-state index contributed by atoms with van der Waals surface area (Å²) in [7, 11) is -3.55. The molecule has 1 saturated heterocycles. The molecule has 5 rings (SSSR count). The molecular formula is C19H19N7O2S. The molecule has 3 aromatic heterocycles. The van der Waals surface area contributed by atoms with Crippen molar-refractivity contribution in [2.24, 2.45) is 0 Å². The fourth-order valence-electron chi connectivity index (χ4n) is 3.63. The average Bonchev–Trinajstić information content (AvgIpc) is 3.15. The van der Waals surface area contributed by atoms with Gasteiger partial charge in [-0.1, -0.05) is 12.1 Å². The number of pyridine rings is 1. The Morgan fingerprint density at radius 2 is 1.76 bits per heavy atom. The van der Waals surface area contributed by atoms with Gasteiger partial charge in [-0.2, -0.15) is 8.82 Å². The first-order chi connectivity index (χ1) is 14.0. The third-order valence-corrected chi connectivity index (χ3v) is 6.94. The number of para-hydroxylation sites is 1. The van der Waals surface area contributed by atoms with Gasteiger partial charge in [0, 0.05) is 44.0 Å². The average molecular weight is 409 g/mol. The van der Waals surface area contributed by atoms with Crippen LogP contribution in [0.5, 0.6) is 0 Å². The van der Waals surface area contributed by atoms with Gasteiger partial charge in [-0.3, -0.25) is 4.98 Å². The molecule has 0 radical (unpaired) electrons. The second-order valence-corrected chi connectivity index (χ2v) is 8.84. The summed E-state index contributed by atoms with van der Waals surface area (Å²) in [5, 5.41) is 5.45. The van der Waals surface area contributed by atoms with Gasteiger partial charge in [-0.15, -0.1) is 5.10 Å². The van der Waals surface area contributed by atoms with Crippen LogP contribution >= 0.6 is 0 Å². The maximum Gasteiger partial charge on any atom is 0.244 e. The molecule has 1 aromatic carbocycles. The third-order valence-electron chi connectivity index (χ3n) is 5.06. The zero-order valence-electron chi connectivity index (χ0n) is 15.8. The fourth-order valence-corrected chi connectivity index (χ4v) is 5.01. The zero-order valence-corrected chi connectivity index (χ0v) is 16.6. The molecule has 0 atom stereocenters. The highest BCUT2D eigenvalue weighted by Gasteiger charge is 2.30. The molecule has 4 aromatic rings. The first-order valence-electron chi connectivity index (χ1n) is 9.31. The Bertz CT molecular complexity index is 1300. The summed E-state index contributed by atoms with van der Waals surface area (Å²) in [5.74, 6) is 1.35. The molecule has 0 amide bonds. The number of benzene rings is 1. The summed E-state index contributed by atoms with van der Waals surface area (Å²) in [6.07, 6.45) is 2.95. The minimum Gasteiger partial charge on any atom is -0.338 e. The maximum atomic E-state index is 12.8. The highest BCUT2D eigenvalue weighted by Crippen LogP contribution is 2.24. The molecule has 29 heavy (non-hydrogen) atoms. The predicted octanol–water partition coefficient (Wildman–Crippen LogP) is 1.49. The summed E-state index contributed by atoms with van der Waals surface area (Å²) < 4.78 is 28.9. The van der Waals surface area contributed by atoms with Gasteiger partial charge < -0.3 is 4.90 Å². The summed E-state index contributed by atoms with van der Waals surface area (Å²) in [6, 6.07) is 11.0. The van der Waals surface area contributed by atoms with Crippen LogP contribution in [0.15, 0.2) is 53.7 Å². The molecule has 0 bridgehead atoms. The van der Waals surface area contributed by atoms with Gasteiger partial charge in [-0.05, 0) is 31.2 Å². The minimum atomic E-state index is -3.55. The predicted molar refractivity (Wildman–Crippen MR) is 108 cm³/mol. The summed E-state index contributed by atoms with van der Waals surface area (Å²) in [4.78, 5) is 15.6. The molecular weight excluding hydrogens is 390 g/mol. The second-order valence-electron chi connectivity index (χ2n) is 6.90. The van der Waals surface area contributed by atoms with E-state index in [4.69, 9.17) is 4.98 Å². The van der Waals surface area contributed by atoms with Crippen LogP contribution in [-0.4, -0.2) is 63.5 Å². The Balaban J connectivity index is 1.47. The smallest absolute Gasteiger partial charge is 0.244 e. The lowest BCUT2D eigenvalue weighted by Gasteiger charge is -2.34. The molecule has 10 heteroatoms. The molecule has 0 unspecified atom stereocenters. The van der Waals surface area contributed by atoms with Crippen molar-refractivity contribution in [2.75, 3.05) is 31.1 Å². The van der Waals surface area contributed by atoms with Crippen LogP contribution in [0.25, 0.3) is 16.6 Å². The van der Waals surface area contributed by atoms with Crippen molar-refractivity contribution in [1.82, 2.24) is 28.9 Å². The molecule has 148 valence electrons. The highest BCUT2D eigenvalue weighted by atomic mass is 32.2. The van der Waals surface area contributed by atoms with Crippen molar-refractivity contribution in [3.05, 3.63) is 54.6 Å². The van der Waals surface area contributed by atoms with E-state index in [1.54, 1.807) is 22.8 Å². The summed E-state index contributed by atoms with van der Waals surface area (Å²) in [6.45, 7) is 3.60. The number of hydrogen-bond acceptors (Lipinski definition) is 7. The molecule has 0 N–H and O–H groups in total. The number of nitrogens with zero attached hydrogens (tertiary/aromatic N) is 7. The standard InChI is InChI=1S/C19H19N7O2S/c1-14-21-18-16-6-2-3-7-17(16)22-19(26(18)23-14)24-9-11-25(12-10-24)29(27,28)15-5-4-8-20-13-15/h2-8,13H,9-12H2,1H3. The second kappa shape index (κ2) is 6.75. The molecule has 4 heterocycles. The van der Waals surface area contributed by atoms with Crippen molar-refractivity contribution in [3.63, 3.8) is 0 Å².